The number of carbonyl (C=O) groups excluding carboxylic acids is 1. The van der Waals surface area contributed by atoms with E-state index in [1.807, 2.05) is 12.1 Å². The van der Waals surface area contributed by atoms with E-state index in [1.54, 1.807) is 7.11 Å². The lowest BCUT2D eigenvalue weighted by molar-refractivity contribution is -0.125. The standard InChI is InChI=1S/C21H32N2O3/c1-4-16(2)26-20-17(6-5-7-18(20)25-3)14-23-12-10-21(11-13-23)9-8-19(24)22-15-21/h5-7,16H,4,8-15H2,1-3H3,(H,22,24)/t16-/m0/s1. The largest absolute Gasteiger partial charge is 0.493 e. The third-order valence-electron chi connectivity index (χ3n) is 6.03. The molecule has 144 valence electrons. The van der Waals surface area contributed by atoms with Crippen molar-refractivity contribution in [3.63, 3.8) is 0 Å². The van der Waals surface area contributed by atoms with E-state index in [-0.39, 0.29) is 12.0 Å². The molecule has 0 aliphatic carbocycles. The maximum atomic E-state index is 11.5. The molecule has 1 atom stereocenters. The molecule has 1 amide bonds. The molecule has 26 heavy (non-hydrogen) atoms. The normalized spacial score (nSPS) is 21.3. The molecule has 3 rings (SSSR count). The van der Waals surface area contributed by atoms with Gasteiger partial charge in [0.25, 0.3) is 0 Å². The fraction of sp³-hybridized carbons (Fsp3) is 0.667. The highest BCUT2D eigenvalue weighted by molar-refractivity contribution is 5.76. The van der Waals surface area contributed by atoms with Gasteiger partial charge in [-0.2, -0.15) is 0 Å². The summed E-state index contributed by atoms with van der Waals surface area (Å²) >= 11 is 0. The number of para-hydroxylation sites is 1. The van der Waals surface area contributed by atoms with Crippen LogP contribution >= 0.6 is 0 Å². The van der Waals surface area contributed by atoms with Gasteiger partial charge in [-0.15, -0.1) is 0 Å². The summed E-state index contributed by atoms with van der Waals surface area (Å²) in [6.45, 7) is 8.09. The first kappa shape index (κ1) is 19.0. The topological polar surface area (TPSA) is 50.8 Å². The first-order chi connectivity index (χ1) is 12.5. The molecule has 2 heterocycles. The van der Waals surface area contributed by atoms with Crippen LogP contribution in [-0.4, -0.2) is 43.7 Å². The van der Waals surface area contributed by atoms with E-state index >= 15 is 0 Å². The Morgan fingerprint density at radius 2 is 2.04 bits per heavy atom. The second-order valence-electron chi connectivity index (χ2n) is 7.84. The average molecular weight is 360 g/mol. The molecule has 5 heteroatoms. The summed E-state index contributed by atoms with van der Waals surface area (Å²) < 4.78 is 11.7. The van der Waals surface area contributed by atoms with E-state index in [1.165, 1.54) is 5.56 Å². The zero-order chi connectivity index (χ0) is 18.6. The van der Waals surface area contributed by atoms with Crippen LogP contribution in [0.5, 0.6) is 11.5 Å². The predicted octanol–water partition coefficient (Wildman–Crippen LogP) is 3.36. The smallest absolute Gasteiger partial charge is 0.220 e. The zero-order valence-electron chi connectivity index (χ0n) is 16.3. The number of piperidine rings is 2. The summed E-state index contributed by atoms with van der Waals surface area (Å²) in [5, 5.41) is 3.07. The fourth-order valence-electron chi connectivity index (χ4n) is 3.96. The van der Waals surface area contributed by atoms with Crippen molar-refractivity contribution in [2.24, 2.45) is 5.41 Å². The van der Waals surface area contributed by atoms with Crippen LogP contribution in [-0.2, 0) is 11.3 Å². The Hall–Kier alpha value is -1.75. The number of benzene rings is 1. The van der Waals surface area contributed by atoms with Gasteiger partial charge in [0.15, 0.2) is 11.5 Å². The van der Waals surface area contributed by atoms with Crippen LogP contribution in [0.3, 0.4) is 0 Å². The lowest BCUT2D eigenvalue weighted by Gasteiger charge is -2.44. The zero-order valence-corrected chi connectivity index (χ0v) is 16.3. The quantitative estimate of drug-likeness (QED) is 0.845. The first-order valence-electron chi connectivity index (χ1n) is 9.87. The Balaban J connectivity index is 1.65. The van der Waals surface area contributed by atoms with Gasteiger partial charge >= 0.3 is 0 Å². The fourth-order valence-corrected chi connectivity index (χ4v) is 3.96. The summed E-state index contributed by atoms with van der Waals surface area (Å²) in [6, 6.07) is 6.16. The highest BCUT2D eigenvalue weighted by Gasteiger charge is 2.37. The summed E-state index contributed by atoms with van der Waals surface area (Å²) in [5.41, 5.74) is 1.51. The Morgan fingerprint density at radius 1 is 1.27 bits per heavy atom. The average Bonchev–Trinajstić information content (AvgIpc) is 2.67. The van der Waals surface area contributed by atoms with Gasteiger partial charge in [-0.1, -0.05) is 19.1 Å². The van der Waals surface area contributed by atoms with Crippen molar-refractivity contribution in [1.82, 2.24) is 10.2 Å². The number of likely N-dealkylation sites (tertiary alicyclic amines) is 1. The highest BCUT2D eigenvalue weighted by Crippen LogP contribution is 2.39. The molecule has 0 aromatic heterocycles. The van der Waals surface area contributed by atoms with Crippen LogP contribution < -0.4 is 14.8 Å². The maximum Gasteiger partial charge on any atom is 0.220 e. The van der Waals surface area contributed by atoms with Crippen LogP contribution in [0.1, 0.15) is 51.5 Å². The van der Waals surface area contributed by atoms with Crippen molar-refractivity contribution in [2.75, 3.05) is 26.7 Å². The molecule has 0 bridgehead atoms. The van der Waals surface area contributed by atoms with Gasteiger partial charge in [-0.05, 0) is 57.2 Å². The van der Waals surface area contributed by atoms with Crippen molar-refractivity contribution >= 4 is 5.91 Å². The molecule has 2 saturated heterocycles. The number of hydrogen-bond acceptors (Lipinski definition) is 4. The van der Waals surface area contributed by atoms with Crippen LogP contribution in [0.4, 0.5) is 0 Å². The summed E-state index contributed by atoms with van der Waals surface area (Å²) in [4.78, 5) is 14.0. The Bertz CT molecular complexity index is 612. The van der Waals surface area contributed by atoms with Gasteiger partial charge in [0.2, 0.25) is 5.91 Å². The monoisotopic (exact) mass is 360 g/mol. The van der Waals surface area contributed by atoms with Crippen molar-refractivity contribution in [3.05, 3.63) is 23.8 Å². The van der Waals surface area contributed by atoms with Gasteiger partial charge in [0, 0.05) is 25.1 Å². The van der Waals surface area contributed by atoms with Gasteiger partial charge in [0.05, 0.1) is 13.2 Å². The molecule has 1 spiro atoms. The lowest BCUT2D eigenvalue weighted by Crippen LogP contribution is -2.49. The van der Waals surface area contributed by atoms with E-state index in [0.29, 0.717) is 11.8 Å². The molecular weight excluding hydrogens is 328 g/mol. The number of amides is 1. The van der Waals surface area contributed by atoms with E-state index in [2.05, 4.69) is 30.1 Å². The van der Waals surface area contributed by atoms with Crippen molar-refractivity contribution in [3.8, 4) is 11.5 Å². The molecule has 2 aliphatic rings. The van der Waals surface area contributed by atoms with E-state index < -0.39 is 0 Å². The second-order valence-corrected chi connectivity index (χ2v) is 7.84. The SMILES string of the molecule is CC[C@H](C)Oc1c(CN2CCC3(CCC(=O)NC3)CC2)cccc1OC. The van der Waals surface area contributed by atoms with Crippen LogP contribution in [0.15, 0.2) is 18.2 Å². The van der Waals surface area contributed by atoms with E-state index in [0.717, 1.165) is 63.4 Å². The van der Waals surface area contributed by atoms with Crippen molar-refractivity contribution < 1.29 is 14.3 Å². The number of hydrogen-bond donors (Lipinski definition) is 1. The van der Waals surface area contributed by atoms with E-state index in [4.69, 9.17) is 9.47 Å². The molecule has 1 aromatic carbocycles. The number of methoxy groups -OCH3 is 1. The van der Waals surface area contributed by atoms with E-state index in [9.17, 15) is 4.79 Å². The minimum absolute atomic E-state index is 0.167. The molecular formula is C21H32N2O3. The summed E-state index contributed by atoms with van der Waals surface area (Å²) in [6.07, 6.45) is 5.16. The van der Waals surface area contributed by atoms with Gasteiger partial charge in [-0.25, -0.2) is 0 Å². The van der Waals surface area contributed by atoms with Crippen molar-refractivity contribution in [2.45, 2.75) is 58.6 Å². The minimum Gasteiger partial charge on any atom is -0.493 e. The highest BCUT2D eigenvalue weighted by atomic mass is 16.5. The molecule has 0 radical (unpaired) electrons. The molecule has 2 fully saturated rings. The predicted molar refractivity (Wildman–Crippen MR) is 103 cm³/mol. The number of ether oxygens (including phenoxy) is 2. The van der Waals surface area contributed by atoms with Crippen LogP contribution in [0, 0.1) is 5.41 Å². The Morgan fingerprint density at radius 3 is 2.65 bits per heavy atom. The third-order valence-corrected chi connectivity index (χ3v) is 6.03. The molecule has 0 saturated carbocycles. The Labute approximate surface area is 157 Å². The second kappa shape index (κ2) is 8.30. The number of carbonyl (C=O) groups is 1. The summed E-state index contributed by atoms with van der Waals surface area (Å²) in [5.74, 6) is 1.90. The summed E-state index contributed by atoms with van der Waals surface area (Å²) in [7, 11) is 1.70. The van der Waals surface area contributed by atoms with Gasteiger partial charge < -0.3 is 14.8 Å². The lowest BCUT2D eigenvalue weighted by atomic mass is 9.73. The maximum absolute atomic E-state index is 11.5. The number of nitrogens with zero attached hydrogens (tertiary/aromatic N) is 1. The first-order valence-corrected chi connectivity index (χ1v) is 9.87. The Kier molecular flexibility index (Phi) is 6.07. The molecule has 5 nitrogen and oxygen atoms in total. The molecule has 1 aromatic rings. The molecule has 2 aliphatic heterocycles. The minimum atomic E-state index is 0.167. The number of rotatable bonds is 6. The molecule has 0 unspecified atom stereocenters. The third kappa shape index (κ3) is 4.32. The molecule has 1 N–H and O–H groups in total. The van der Waals surface area contributed by atoms with Crippen molar-refractivity contribution in [1.29, 1.82) is 0 Å². The van der Waals surface area contributed by atoms with Gasteiger partial charge in [-0.3, -0.25) is 9.69 Å². The van der Waals surface area contributed by atoms with Crippen LogP contribution in [0.25, 0.3) is 0 Å². The van der Waals surface area contributed by atoms with Gasteiger partial charge in [0.1, 0.15) is 0 Å². The number of nitrogens with one attached hydrogen (secondary N) is 1. The van der Waals surface area contributed by atoms with Crippen LogP contribution in [0.2, 0.25) is 0 Å².